The fourth-order valence-corrected chi connectivity index (χ4v) is 3.71. The molecular weight excluding hydrogens is 394 g/mol. The molecule has 0 aliphatic carbocycles. The summed E-state index contributed by atoms with van der Waals surface area (Å²) in [4.78, 5) is 30.5. The maximum Gasteiger partial charge on any atom is 0.241 e. The van der Waals surface area contributed by atoms with Crippen molar-refractivity contribution in [2.24, 2.45) is 5.92 Å². The summed E-state index contributed by atoms with van der Waals surface area (Å²) < 4.78 is 5.42. The van der Waals surface area contributed by atoms with Gasteiger partial charge in [-0.2, -0.15) is 4.98 Å². The van der Waals surface area contributed by atoms with Gasteiger partial charge in [-0.1, -0.05) is 35.5 Å². The van der Waals surface area contributed by atoms with E-state index < -0.39 is 0 Å². The molecule has 1 unspecified atom stereocenters. The van der Waals surface area contributed by atoms with Gasteiger partial charge in [0.15, 0.2) is 0 Å². The number of piperidine rings is 1. The van der Waals surface area contributed by atoms with Crippen LogP contribution in [0.4, 0.5) is 11.4 Å². The zero-order chi connectivity index (χ0) is 21.6. The molecule has 0 radical (unpaired) electrons. The van der Waals surface area contributed by atoms with Gasteiger partial charge < -0.3 is 15.2 Å². The Bertz CT molecular complexity index is 1030. The number of hydrogen-bond donors (Lipinski definition) is 2. The average molecular weight is 419 g/mol. The maximum atomic E-state index is 12.8. The molecule has 0 saturated carbocycles. The highest BCUT2D eigenvalue weighted by molar-refractivity contribution is 5.93. The standard InChI is InChI=1S/C23H25N5O3/c1-16(29)24-19-9-11-20(12-10-19)25-23(30)18-8-5-13-28(14-18)15-21-26-22(27-31-21)17-6-3-2-4-7-17/h2-4,6-7,9-12,18H,5,8,13-15H2,1H3,(H,24,29)(H,25,30). The lowest BCUT2D eigenvalue weighted by Gasteiger charge is -2.30. The van der Waals surface area contributed by atoms with E-state index in [0.29, 0.717) is 36.2 Å². The predicted octanol–water partition coefficient (Wildman–Crippen LogP) is 3.55. The third-order valence-corrected chi connectivity index (χ3v) is 5.21. The van der Waals surface area contributed by atoms with Gasteiger partial charge in [0.25, 0.3) is 0 Å². The third-order valence-electron chi connectivity index (χ3n) is 5.21. The number of benzene rings is 2. The van der Waals surface area contributed by atoms with Crippen LogP contribution >= 0.6 is 0 Å². The number of carbonyl (C=O) groups excluding carboxylic acids is 2. The molecule has 2 N–H and O–H groups in total. The molecule has 2 aromatic carbocycles. The smallest absolute Gasteiger partial charge is 0.241 e. The van der Waals surface area contributed by atoms with Crippen LogP contribution in [0.15, 0.2) is 59.1 Å². The van der Waals surface area contributed by atoms with E-state index in [4.69, 9.17) is 4.52 Å². The molecule has 160 valence electrons. The highest BCUT2D eigenvalue weighted by Crippen LogP contribution is 2.22. The lowest BCUT2D eigenvalue weighted by molar-refractivity contribution is -0.121. The van der Waals surface area contributed by atoms with Gasteiger partial charge in [-0.05, 0) is 43.7 Å². The number of aromatic nitrogens is 2. The topological polar surface area (TPSA) is 100 Å². The summed E-state index contributed by atoms with van der Waals surface area (Å²) in [7, 11) is 0. The number of nitrogens with one attached hydrogen (secondary N) is 2. The number of hydrogen-bond acceptors (Lipinski definition) is 6. The van der Waals surface area contributed by atoms with Crippen molar-refractivity contribution in [3.63, 3.8) is 0 Å². The zero-order valence-corrected chi connectivity index (χ0v) is 17.4. The first kappa shape index (κ1) is 20.7. The molecule has 8 nitrogen and oxygen atoms in total. The molecule has 1 aliphatic rings. The van der Waals surface area contributed by atoms with Gasteiger partial charge in [-0.15, -0.1) is 0 Å². The molecule has 0 bridgehead atoms. The number of likely N-dealkylation sites (tertiary alicyclic amines) is 1. The van der Waals surface area contributed by atoms with Crippen molar-refractivity contribution in [1.82, 2.24) is 15.0 Å². The van der Waals surface area contributed by atoms with Crippen LogP contribution in [0.5, 0.6) is 0 Å². The van der Waals surface area contributed by atoms with E-state index in [-0.39, 0.29) is 17.7 Å². The second-order valence-corrected chi connectivity index (χ2v) is 7.70. The van der Waals surface area contributed by atoms with Crippen LogP contribution in [0.2, 0.25) is 0 Å². The van der Waals surface area contributed by atoms with Crippen LogP contribution in [0.3, 0.4) is 0 Å². The molecule has 0 spiro atoms. The molecule has 3 aromatic rings. The normalized spacial score (nSPS) is 16.6. The van der Waals surface area contributed by atoms with E-state index in [1.165, 1.54) is 6.92 Å². The Kier molecular flexibility index (Phi) is 6.37. The largest absolute Gasteiger partial charge is 0.338 e. The lowest BCUT2D eigenvalue weighted by Crippen LogP contribution is -2.40. The average Bonchev–Trinajstić information content (AvgIpc) is 3.24. The van der Waals surface area contributed by atoms with Crippen LogP contribution in [0, 0.1) is 5.92 Å². The van der Waals surface area contributed by atoms with Crippen LogP contribution < -0.4 is 10.6 Å². The quantitative estimate of drug-likeness (QED) is 0.634. The molecule has 2 amide bonds. The first-order valence-corrected chi connectivity index (χ1v) is 10.4. The lowest BCUT2D eigenvalue weighted by atomic mass is 9.97. The summed E-state index contributed by atoms with van der Waals surface area (Å²) >= 11 is 0. The minimum absolute atomic E-state index is 0.00696. The molecule has 4 rings (SSSR count). The second-order valence-electron chi connectivity index (χ2n) is 7.70. The summed E-state index contributed by atoms with van der Waals surface area (Å²) in [5.74, 6) is 0.877. The van der Waals surface area contributed by atoms with E-state index in [1.54, 1.807) is 24.3 Å². The van der Waals surface area contributed by atoms with E-state index in [2.05, 4.69) is 25.7 Å². The number of amides is 2. The minimum Gasteiger partial charge on any atom is -0.338 e. The fourth-order valence-electron chi connectivity index (χ4n) is 3.71. The van der Waals surface area contributed by atoms with Crippen molar-refractivity contribution in [1.29, 1.82) is 0 Å². The van der Waals surface area contributed by atoms with Gasteiger partial charge in [0.05, 0.1) is 12.5 Å². The Balaban J connectivity index is 1.32. The Morgan fingerprint density at radius 3 is 2.48 bits per heavy atom. The van der Waals surface area contributed by atoms with Gasteiger partial charge >= 0.3 is 0 Å². The summed E-state index contributed by atoms with van der Waals surface area (Å²) in [5, 5.41) is 9.75. The number of nitrogens with zero attached hydrogens (tertiary/aromatic N) is 3. The molecule has 1 fully saturated rings. The van der Waals surface area contributed by atoms with E-state index in [9.17, 15) is 9.59 Å². The Morgan fingerprint density at radius 1 is 1.06 bits per heavy atom. The predicted molar refractivity (Wildman–Crippen MR) is 117 cm³/mol. The Hall–Kier alpha value is -3.52. The van der Waals surface area contributed by atoms with Crippen LogP contribution in [-0.2, 0) is 16.1 Å². The van der Waals surface area contributed by atoms with E-state index >= 15 is 0 Å². The monoisotopic (exact) mass is 419 g/mol. The van der Waals surface area contributed by atoms with Crippen LogP contribution in [0.1, 0.15) is 25.7 Å². The molecular formula is C23H25N5O3. The van der Waals surface area contributed by atoms with Gasteiger partial charge in [-0.3, -0.25) is 14.5 Å². The first-order chi connectivity index (χ1) is 15.1. The zero-order valence-electron chi connectivity index (χ0n) is 17.4. The first-order valence-electron chi connectivity index (χ1n) is 10.4. The molecule has 1 aliphatic heterocycles. The van der Waals surface area contributed by atoms with Crippen molar-refractivity contribution in [3.8, 4) is 11.4 Å². The van der Waals surface area contributed by atoms with Crippen molar-refractivity contribution >= 4 is 23.2 Å². The fraction of sp³-hybridized carbons (Fsp3) is 0.304. The Morgan fingerprint density at radius 2 is 1.77 bits per heavy atom. The van der Waals surface area contributed by atoms with Crippen molar-refractivity contribution < 1.29 is 14.1 Å². The maximum absolute atomic E-state index is 12.8. The SMILES string of the molecule is CC(=O)Nc1ccc(NC(=O)C2CCCN(Cc3nc(-c4ccccc4)no3)C2)cc1. The van der Waals surface area contributed by atoms with Crippen LogP contribution in [-0.4, -0.2) is 39.9 Å². The summed E-state index contributed by atoms with van der Waals surface area (Å²) in [6, 6.07) is 16.8. The van der Waals surface area contributed by atoms with Gasteiger partial charge in [-0.25, -0.2) is 0 Å². The van der Waals surface area contributed by atoms with E-state index in [0.717, 1.165) is 24.9 Å². The molecule has 1 aromatic heterocycles. The highest BCUT2D eigenvalue weighted by Gasteiger charge is 2.27. The van der Waals surface area contributed by atoms with Crippen molar-refractivity contribution in [3.05, 3.63) is 60.5 Å². The number of anilines is 2. The minimum atomic E-state index is -0.129. The highest BCUT2D eigenvalue weighted by atomic mass is 16.5. The summed E-state index contributed by atoms with van der Waals surface area (Å²) in [6.45, 7) is 3.51. The Labute approximate surface area is 180 Å². The summed E-state index contributed by atoms with van der Waals surface area (Å²) in [6.07, 6.45) is 1.77. The van der Waals surface area contributed by atoms with Gasteiger partial charge in [0, 0.05) is 30.4 Å². The van der Waals surface area contributed by atoms with E-state index in [1.807, 2.05) is 30.3 Å². The molecule has 1 atom stereocenters. The number of rotatable bonds is 6. The van der Waals surface area contributed by atoms with Gasteiger partial charge in [0.2, 0.25) is 23.5 Å². The molecule has 31 heavy (non-hydrogen) atoms. The van der Waals surface area contributed by atoms with Crippen molar-refractivity contribution in [2.75, 3.05) is 23.7 Å². The second kappa shape index (κ2) is 9.53. The van der Waals surface area contributed by atoms with Gasteiger partial charge in [0.1, 0.15) is 0 Å². The molecule has 2 heterocycles. The summed E-state index contributed by atoms with van der Waals surface area (Å²) in [5.41, 5.74) is 2.32. The van der Waals surface area contributed by atoms with Crippen LogP contribution in [0.25, 0.3) is 11.4 Å². The molecule has 1 saturated heterocycles. The molecule has 8 heteroatoms. The third kappa shape index (κ3) is 5.55. The number of carbonyl (C=O) groups is 2. The van der Waals surface area contributed by atoms with Crippen molar-refractivity contribution in [2.45, 2.75) is 26.3 Å².